The van der Waals surface area contributed by atoms with Gasteiger partial charge in [0.05, 0.1) is 12.8 Å². The van der Waals surface area contributed by atoms with Crippen molar-refractivity contribution >= 4 is 11.6 Å². The van der Waals surface area contributed by atoms with Gasteiger partial charge in [0.25, 0.3) is 0 Å². The SMILES string of the molecule is COc1cc([C@@H]2C[C@H]2c2cnc(Cl)nc2C(C)C)ccc1F. The zero-order valence-corrected chi connectivity index (χ0v) is 13.6. The first-order valence-corrected chi connectivity index (χ1v) is 7.74. The Labute approximate surface area is 134 Å². The van der Waals surface area contributed by atoms with E-state index in [0.717, 1.165) is 23.2 Å². The molecule has 2 aromatic rings. The number of hydrogen-bond acceptors (Lipinski definition) is 3. The van der Waals surface area contributed by atoms with E-state index in [1.54, 1.807) is 6.07 Å². The lowest BCUT2D eigenvalue weighted by atomic mass is 9.99. The summed E-state index contributed by atoms with van der Waals surface area (Å²) in [6.45, 7) is 4.20. The molecule has 1 aliphatic rings. The van der Waals surface area contributed by atoms with Gasteiger partial charge in [0.2, 0.25) is 5.28 Å². The van der Waals surface area contributed by atoms with Gasteiger partial charge in [-0.2, -0.15) is 0 Å². The van der Waals surface area contributed by atoms with Gasteiger partial charge >= 0.3 is 0 Å². The fraction of sp³-hybridized carbons (Fsp3) is 0.412. The van der Waals surface area contributed by atoms with Crippen LogP contribution in [0.5, 0.6) is 5.75 Å². The molecule has 1 aromatic heterocycles. The van der Waals surface area contributed by atoms with Gasteiger partial charge in [0.1, 0.15) is 0 Å². The van der Waals surface area contributed by atoms with Crippen LogP contribution >= 0.6 is 11.6 Å². The third-order valence-corrected chi connectivity index (χ3v) is 4.34. The monoisotopic (exact) mass is 320 g/mol. The molecule has 1 saturated carbocycles. The molecule has 0 bridgehead atoms. The summed E-state index contributed by atoms with van der Waals surface area (Å²) in [6, 6.07) is 5.07. The highest BCUT2D eigenvalue weighted by Crippen LogP contribution is 2.56. The summed E-state index contributed by atoms with van der Waals surface area (Å²) in [5.41, 5.74) is 3.24. The molecule has 0 spiro atoms. The number of benzene rings is 1. The molecule has 1 aromatic carbocycles. The number of halogens is 2. The maximum absolute atomic E-state index is 13.5. The molecule has 0 amide bonds. The lowest BCUT2D eigenvalue weighted by Crippen LogP contribution is -2.02. The van der Waals surface area contributed by atoms with Crippen molar-refractivity contribution in [3.05, 3.63) is 52.3 Å². The van der Waals surface area contributed by atoms with Gasteiger partial charge in [-0.1, -0.05) is 19.9 Å². The zero-order valence-electron chi connectivity index (χ0n) is 12.8. The van der Waals surface area contributed by atoms with Crippen LogP contribution in [0.15, 0.2) is 24.4 Å². The molecule has 5 heteroatoms. The highest BCUT2D eigenvalue weighted by Gasteiger charge is 2.41. The molecule has 0 saturated heterocycles. The van der Waals surface area contributed by atoms with Crippen molar-refractivity contribution in [2.75, 3.05) is 7.11 Å². The van der Waals surface area contributed by atoms with Gasteiger partial charge < -0.3 is 4.74 Å². The van der Waals surface area contributed by atoms with Crippen LogP contribution in [-0.2, 0) is 0 Å². The van der Waals surface area contributed by atoms with E-state index in [1.807, 2.05) is 12.3 Å². The van der Waals surface area contributed by atoms with E-state index >= 15 is 0 Å². The predicted molar refractivity (Wildman–Crippen MR) is 84.2 cm³/mol. The number of aromatic nitrogens is 2. The molecule has 1 aliphatic carbocycles. The van der Waals surface area contributed by atoms with Gasteiger partial charge in [-0.3, -0.25) is 0 Å². The fourth-order valence-electron chi connectivity index (χ4n) is 2.94. The summed E-state index contributed by atoms with van der Waals surface area (Å²) in [5.74, 6) is 0.974. The Balaban J connectivity index is 1.89. The van der Waals surface area contributed by atoms with E-state index in [-0.39, 0.29) is 11.1 Å². The topological polar surface area (TPSA) is 35.0 Å². The molecule has 1 heterocycles. The second-order valence-corrected chi connectivity index (χ2v) is 6.32. The van der Waals surface area contributed by atoms with Crippen molar-refractivity contribution in [3.8, 4) is 5.75 Å². The highest BCUT2D eigenvalue weighted by atomic mass is 35.5. The Bertz CT molecular complexity index is 705. The third kappa shape index (κ3) is 2.80. The largest absolute Gasteiger partial charge is 0.494 e. The molecule has 1 fully saturated rings. The molecule has 116 valence electrons. The minimum atomic E-state index is -0.332. The minimum Gasteiger partial charge on any atom is -0.494 e. The quantitative estimate of drug-likeness (QED) is 0.768. The summed E-state index contributed by atoms with van der Waals surface area (Å²) in [5, 5.41) is 0.285. The van der Waals surface area contributed by atoms with Crippen LogP contribution in [0.25, 0.3) is 0 Å². The molecular weight excluding hydrogens is 303 g/mol. The first-order chi connectivity index (χ1) is 10.5. The number of hydrogen-bond donors (Lipinski definition) is 0. The molecule has 0 unspecified atom stereocenters. The number of rotatable bonds is 4. The first kappa shape index (κ1) is 15.2. The molecular formula is C17H18ClFN2O. The van der Waals surface area contributed by atoms with Crippen molar-refractivity contribution in [2.24, 2.45) is 0 Å². The molecule has 3 rings (SSSR count). The molecule has 22 heavy (non-hydrogen) atoms. The van der Waals surface area contributed by atoms with Crippen molar-refractivity contribution in [1.29, 1.82) is 0 Å². The second kappa shape index (κ2) is 5.84. The van der Waals surface area contributed by atoms with Crippen LogP contribution in [0.1, 0.15) is 54.8 Å². The van der Waals surface area contributed by atoms with Crippen molar-refractivity contribution in [1.82, 2.24) is 9.97 Å². The fourth-order valence-corrected chi connectivity index (χ4v) is 3.08. The van der Waals surface area contributed by atoms with E-state index in [9.17, 15) is 4.39 Å². The van der Waals surface area contributed by atoms with Gasteiger partial charge in [-0.25, -0.2) is 14.4 Å². The number of methoxy groups -OCH3 is 1. The van der Waals surface area contributed by atoms with E-state index in [4.69, 9.17) is 16.3 Å². The normalized spacial score (nSPS) is 20.3. The first-order valence-electron chi connectivity index (χ1n) is 7.37. The Morgan fingerprint density at radius 3 is 2.77 bits per heavy atom. The van der Waals surface area contributed by atoms with Crippen LogP contribution in [0.3, 0.4) is 0 Å². The smallest absolute Gasteiger partial charge is 0.222 e. The van der Waals surface area contributed by atoms with Crippen LogP contribution in [0.2, 0.25) is 5.28 Å². The Morgan fingerprint density at radius 2 is 2.09 bits per heavy atom. The molecule has 3 nitrogen and oxygen atoms in total. The van der Waals surface area contributed by atoms with Crippen LogP contribution in [-0.4, -0.2) is 17.1 Å². The second-order valence-electron chi connectivity index (χ2n) is 5.98. The molecule has 0 N–H and O–H groups in total. The highest BCUT2D eigenvalue weighted by molar-refractivity contribution is 6.28. The Morgan fingerprint density at radius 1 is 1.32 bits per heavy atom. The van der Waals surface area contributed by atoms with Crippen molar-refractivity contribution in [2.45, 2.75) is 38.0 Å². The maximum Gasteiger partial charge on any atom is 0.222 e. The average molecular weight is 321 g/mol. The van der Waals surface area contributed by atoms with Gasteiger partial charge in [0.15, 0.2) is 11.6 Å². The summed E-state index contributed by atoms with van der Waals surface area (Å²) >= 11 is 5.92. The standard InChI is InChI=1S/C17H18ClFN2O/c1-9(2)16-13(8-20-17(18)21-16)12-7-11(12)10-4-5-14(19)15(6-10)22-3/h4-6,8-9,11-12H,7H2,1-3H3/t11-,12+/m0/s1. The van der Waals surface area contributed by atoms with E-state index < -0.39 is 0 Å². The van der Waals surface area contributed by atoms with Gasteiger partial charge in [-0.05, 0) is 59.0 Å². The molecule has 2 atom stereocenters. The third-order valence-electron chi connectivity index (χ3n) is 4.16. The Hall–Kier alpha value is -1.68. The van der Waals surface area contributed by atoms with Gasteiger partial charge in [-0.15, -0.1) is 0 Å². The van der Waals surface area contributed by atoms with Crippen LogP contribution in [0, 0.1) is 5.82 Å². The summed E-state index contributed by atoms with van der Waals surface area (Å²) in [7, 11) is 1.48. The maximum atomic E-state index is 13.5. The van der Waals surface area contributed by atoms with Crippen molar-refractivity contribution < 1.29 is 9.13 Å². The van der Waals surface area contributed by atoms with E-state index in [2.05, 4.69) is 23.8 Å². The minimum absolute atomic E-state index is 0.285. The van der Waals surface area contributed by atoms with Gasteiger partial charge in [0, 0.05) is 6.20 Å². The molecule has 0 radical (unpaired) electrons. The molecule has 0 aliphatic heterocycles. The van der Waals surface area contributed by atoms with Crippen LogP contribution in [0.4, 0.5) is 4.39 Å². The average Bonchev–Trinajstić information content (AvgIpc) is 3.28. The Kier molecular flexibility index (Phi) is 4.04. The number of nitrogens with zero attached hydrogens (tertiary/aromatic N) is 2. The van der Waals surface area contributed by atoms with E-state index in [1.165, 1.54) is 13.2 Å². The van der Waals surface area contributed by atoms with E-state index in [0.29, 0.717) is 23.5 Å². The predicted octanol–water partition coefficient (Wildman–Crippen LogP) is 4.67. The van der Waals surface area contributed by atoms with Crippen LogP contribution < -0.4 is 4.74 Å². The summed E-state index contributed by atoms with van der Waals surface area (Å²) in [4.78, 5) is 8.51. The lowest BCUT2D eigenvalue weighted by Gasteiger charge is -2.11. The lowest BCUT2D eigenvalue weighted by molar-refractivity contribution is 0.386. The summed E-state index contributed by atoms with van der Waals surface area (Å²) in [6.07, 6.45) is 2.84. The number of ether oxygens (including phenoxy) is 1. The van der Waals surface area contributed by atoms with Crippen molar-refractivity contribution in [3.63, 3.8) is 0 Å². The zero-order chi connectivity index (χ0) is 15.9. The summed E-state index contributed by atoms with van der Waals surface area (Å²) < 4.78 is 18.6.